The van der Waals surface area contributed by atoms with E-state index in [0.717, 1.165) is 25.0 Å². The van der Waals surface area contributed by atoms with Crippen molar-refractivity contribution < 1.29 is 9.84 Å². The largest absolute Gasteiger partial charge is 0.495 e. The van der Waals surface area contributed by atoms with E-state index in [0.29, 0.717) is 5.02 Å². The van der Waals surface area contributed by atoms with Crippen LogP contribution in [0.25, 0.3) is 0 Å². The number of halogens is 1. The fourth-order valence-corrected chi connectivity index (χ4v) is 2.78. The number of aliphatic hydroxyl groups excluding tert-OH is 1. The van der Waals surface area contributed by atoms with Crippen molar-refractivity contribution in [2.24, 2.45) is 5.41 Å². The summed E-state index contributed by atoms with van der Waals surface area (Å²) in [5, 5.41) is 10.2. The first-order valence-electron chi connectivity index (χ1n) is 6.04. The van der Waals surface area contributed by atoms with E-state index in [1.54, 1.807) is 7.11 Å². The Morgan fingerprint density at radius 2 is 2.12 bits per heavy atom. The van der Waals surface area contributed by atoms with Gasteiger partial charge in [-0.05, 0) is 54.9 Å². The minimum Gasteiger partial charge on any atom is -0.495 e. The van der Waals surface area contributed by atoms with Crippen LogP contribution in [0.15, 0.2) is 12.1 Å². The van der Waals surface area contributed by atoms with Gasteiger partial charge in [-0.3, -0.25) is 0 Å². The van der Waals surface area contributed by atoms with Crippen molar-refractivity contribution >= 4 is 11.6 Å². The molecule has 1 saturated carbocycles. The predicted molar refractivity (Wildman–Crippen MR) is 69.8 cm³/mol. The number of hydrogen-bond acceptors (Lipinski definition) is 2. The Morgan fingerprint density at radius 3 is 2.59 bits per heavy atom. The fourth-order valence-electron chi connectivity index (χ4n) is 2.51. The molecule has 0 aliphatic heterocycles. The van der Waals surface area contributed by atoms with Crippen LogP contribution in [0.2, 0.25) is 5.02 Å². The third-order valence-corrected chi connectivity index (χ3v) is 4.22. The van der Waals surface area contributed by atoms with E-state index in [9.17, 15) is 5.11 Å². The van der Waals surface area contributed by atoms with Crippen molar-refractivity contribution in [1.82, 2.24) is 0 Å². The second kappa shape index (κ2) is 4.87. The maximum absolute atomic E-state index is 9.50. The Bertz CT molecular complexity index is 405. The smallest absolute Gasteiger partial charge is 0.137 e. The van der Waals surface area contributed by atoms with Gasteiger partial charge in [-0.25, -0.2) is 0 Å². The molecule has 0 unspecified atom stereocenters. The highest BCUT2D eigenvalue weighted by Crippen LogP contribution is 2.44. The summed E-state index contributed by atoms with van der Waals surface area (Å²) < 4.78 is 5.20. The molecule has 0 spiro atoms. The van der Waals surface area contributed by atoms with Gasteiger partial charge >= 0.3 is 0 Å². The summed E-state index contributed by atoms with van der Waals surface area (Å²) in [6.45, 7) is 2.34. The third-order valence-electron chi connectivity index (χ3n) is 3.93. The lowest BCUT2D eigenvalue weighted by atomic mass is 9.65. The Morgan fingerprint density at radius 1 is 1.41 bits per heavy atom. The second-order valence-corrected chi connectivity index (χ2v) is 5.51. The molecule has 3 heteroatoms. The normalized spacial score (nSPS) is 17.6. The number of hydrogen-bond donors (Lipinski definition) is 1. The van der Waals surface area contributed by atoms with Crippen LogP contribution in [0.5, 0.6) is 5.75 Å². The van der Waals surface area contributed by atoms with Gasteiger partial charge < -0.3 is 9.84 Å². The number of rotatable bonds is 4. The van der Waals surface area contributed by atoms with E-state index in [-0.39, 0.29) is 12.0 Å². The summed E-state index contributed by atoms with van der Waals surface area (Å²) in [7, 11) is 1.63. The van der Waals surface area contributed by atoms with Crippen molar-refractivity contribution in [3.8, 4) is 5.75 Å². The first-order valence-corrected chi connectivity index (χ1v) is 6.42. The zero-order valence-electron chi connectivity index (χ0n) is 10.4. The van der Waals surface area contributed by atoms with Crippen LogP contribution < -0.4 is 4.74 Å². The summed E-state index contributed by atoms with van der Waals surface area (Å²) in [5.41, 5.74) is 2.51. The summed E-state index contributed by atoms with van der Waals surface area (Å²) >= 11 is 6.15. The molecule has 1 aromatic rings. The molecule has 0 saturated heterocycles. The maximum Gasteiger partial charge on any atom is 0.137 e. The molecule has 17 heavy (non-hydrogen) atoms. The molecular weight excluding hydrogens is 236 g/mol. The van der Waals surface area contributed by atoms with Crippen molar-refractivity contribution in [2.75, 3.05) is 13.7 Å². The fraction of sp³-hybridized carbons (Fsp3) is 0.571. The van der Waals surface area contributed by atoms with E-state index in [1.165, 1.54) is 17.5 Å². The van der Waals surface area contributed by atoms with Crippen LogP contribution in [-0.2, 0) is 6.42 Å². The summed E-state index contributed by atoms with van der Waals surface area (Å²) in [6, 6.07) is 3.95. The van der Waals surface area contributed by atoms with Crippen molar-refractivity contribution in [2.45, 2.75) is 32.6 Å². The molecule has 0 radical (unpaired) electrons. The van der Waals surface area contributed by atoms with Gasteiger partial charge in [0.15, 0.2) is 0 Å². The average Bonchev–Trinajstić information content (AvgIpc) is 2.27. The Balaban J connectivity index is 2.24. The monoisotopic (exact) mass is 254 g/mol. The maximum atomic E-state index is 9.50. The molecule has 0 amide bonds. The Hall–Kier alpha value is -0.730. The van der Waals surface area contributed by atoms with Crippen LogP contribution in [-0.4, -0.2) is 18.8 Å². The lowest BCUT2D eigenvalue weighted by molar-refractivity contribution is 0.0449. The van der Waals surface area contributed by atoms with E-state index < -0.39 is 0 Å². The molecule has 1 aromatic carbocycles. The number of aryl methyl sites for hydroxylation is 1. The number of aliphatic hydroxyl groups is 1. The molecule has 2 nitrogen and oxygen atoms in total. The first-order chi connectivity index (χ1) is 8.10. The highest BCUT2D eigenvalue weighted by atomic mass is 35.5. The second-order valence-electron chi connectivity index (χ2n) is 5.10. The van der Waals surface area contributed by atoms with Crippen LogP contribution in [0, 0.1) is 12.3 Å². The predicted octanol–water partition coefficient (Wildman–Crippen LogP) is 3.36. The van der Waals surface area contributed by atoms with Crippen LogP contribution in [0.4, 0.5) is 0 Å². The van der Waals surface area contributed by atoms with Gasteiger partial charge in [0.25, 0.3) is 0 Å². The van der Waals surface area contributed by atoms with Gasteiger partial charge in [-0.15, -0.1) is 0 Å². The molecule has 94 valence electrons. The van der Waals surface area contributed by atoms with Crippen LogP contribution in [0.3, 0.4) is 0 Å². The highest BCUT2D eigenvalue weighted by molar-refractivity contribution is 6.32. The van der Waals surface area contributed by atoms with E-state index in [1.807, 2.05) is 12.1 Å². The molecule has 1 aliphatic rings. The molecule has 1 aliphatic carbocycles. The molecule has 1 fully saturated rings. The minimum atomic E-state index is 0.0999. The lowest BCUT2D eigenvalue weighted by Gasteiger charge is -2.41. The summed E-state index contributed by atoms with van der Waals surface area (Å²) in [4.78, 5) is 0. The summed E-state index contributed by atoms with van der Waals surface area (Å²) in [6.07, 6.45) is 4.38. The van der Waals surface area contributed by atoms with E-state index in [4.69, 9.17) is 16.3 Å². The third kappa shape index (κ3) is 2.43. The molecule has 0 aromatic heterocycles. The first kappa shape index (κ1) is 12.7. The molecule has 2 rings (SSSR count). The number of benzene rings is 1. The average molecular weight is 255 g/mol. The van der Waals surface area contributed by atoms with Crippen molar-refractivity contribution in [1.29, 1.82) is 0 Å². The standard InChI is InChI=1S/C14H19ClO2/c1-10-6-13(17-2)12(15)7-11(10)8-14(9-16)4-3-5-14/h6-7,16H,3-5,8-9H2,1-2H3. The summed E-state index contributed by atoms with van der Waals surface area (Å²) in [5.74, 6) is 0.722. The zero-order valence-corrected chi connectivity index (χ0v) is 11.2. The molecular formula is C14H19ClO2. The van der Waals surface area contributed by atoms with Crippen molar-refractivity contribution in [3.05, 3.63) is 28.3 Å². The van der Waals surface area contributed by atoms with Crippen molar-refractivity contribution in [3.63, 3.8) is 0 Å². The van der Waals surface area contributed by atoms with Gasteiger partial charge in [0.05, 0.1) is 12.1 Å². The molecule has 0 bridgehead atoms. The molecule has 0 heterocycles. The zero-order chi connectivity index (χ0) is 12.5. The number of ether oxygens (including phenoxy) is 1. The van der Waals surface area contributed by atoms with Crippen LogP contribution in [0.1, 0.15) is 30.4 Å². The lowest BCUT2D eigenvalue weighted by Crippen LogP contribution is -2.35. The van der Waals surface area contributed by atoms with Crippen LogP contribution >= 0.6 is 11.6 Å². The Labute approximate surface area is 108 Å². The SMILES string of the molecule is COc1cc(C)c(CC2(CO)CCC2)cc1Cl. The number of methoxy groups -OCH3 is 1. The quantitative estimate of drug-likeness (QED) is 0.893. The van der Waals surface area contributed by atoms with Gasteiger partial charge in [-0.1, -0.05) is 18.0 Å². The van der Waals surface area contributed by atoms with Gasteiger partial charge in [0.2, 0.25) is 0 Å². The Kier molecular flexibility index (Phi) is 3.64. The minimum absolute atomic E-state index is 0.0999. The van der Waals surface area contributed by atoms with E-state index in [2.05, 4.69) is 6.92 Å². The van der Waals surface area contributed by atoms with Gasteiger partial charge in [0.1, 0.15) is 5.75 Å². The topological polar surface area (TPSA) is 29.5 Å². The molecule has 0 atom stereocenters. The van der Waals surface area contributed by atoms with Gasteiger partial charge in [0, 0.05) is 6.61 Å². The van der Waals surface area contributed by atoms with E-state index >= 15 is 0 Å². The van der Waals surface area contributed by atoms with Gasteiger partial charge in [-0.2, -0.15) is 0 Å². The highest BCUT2D eigenvalue weighted by Gasteiger charge is 2.36. The molecule has 1 N–H and O–H groups in total.